The van der Waals surface area contributed by atoms with Gasteiger partial charge in [0.1, 0.15) is 11.9 Å². The number of nitrogens with zero attached hydrogens (tertiary/aromatic N) is 1. The number of carbonyl (C=O) groups is 1. The number of halogens is 1. The number of carboxylic acids is 1. The van der Waals surface area contributed by atoms with E-state index in [1.54, 1.807) is 7.05 Å². The fourth-order valence-corrected chi connectivity index (χ4v) is 3.01. The van der Waals surface area contributed by atoms with Crippen LogP contribution in [-0.2, 0) is 11.3 Å². The molecule has 1 fully saturated rings. The van der Waals surface area contributed by atoms with Gasteiger partial charge in [0, 0.05) is 13.1 Å². The van der Waals surface area contributed by atoms with Crippen LogP contribution in [0.3, 0.4) is 0 Å². The Kier molecular flexibility index (Phi) is 5.70. The third kappa shape index (κ3) is 4.79. The zero-order valence-electron chi connectivity index (χ0n) is 12.4. The van der Waals surface area contributed by atoms with E-state index in [1.807, 2.05) is 12.1 Å². The summed E-state index contributed by atoms with van der Waals surface area (Å²) in [6, 6.07) is 6.12. The van der Waals surface area contributed by atoms with Crippen molar-refractivity contribution in [2.45, 2.75) is 31.8 Å². The van der Waals surface area contributed by atoms with Crippen molar-refractivity contribution in [2.75, 3.05) is 20.1 Å². The van der Waals surface area contributed by atoms with Gasteiger partial charge < -0.3 is 10.4 Å². The molecule has 0 radical (unpaired) electrons. The van der Waals surface area contributed by atoms with Gasteiger partial charge in [0.25, 0.3) is 0 Å². The third-order valence-electron chi connectivity index (χ3n) is 4.14. The number of likely N-dealkylation sites (tertiary alicyclic amines) is 1. The molecule has 0 aromatic heterocycles. The first kappa shape index (κ1) is 15.9. The van der Waals surface area contributed by atoms with Gasteiger partial charge in [-0.05, 0) is 56.5 Å². The minimum absolute atomic E-state index is 0.214. The van der Waals surface area contributed by atoms with E-state index < -0.39 is 12.0 Å². The highest BCUT2D eigenvalue weighted by Gasteiger charge is 2.25. The average molecular weight is 294 g/mol. The van der Waals surface area contributed by atoms with Crippen molar-refractivity contribution in [1.82, 2.24) is 10.2 Å². The first-order valence-electron chi connectivity index (χ1n) is 7.45. The van der Waals surface area contributed by atoms with Crippen molar-refractivity contribution in [3.05, 3.63) is 35.6 Å². The smallest absolute Gasteiger partial charge is 0.320 e. The molecular formula is C16H23FN2O2. The van der Waals surface area contributed by atoms with Crippen LogP contribution in [0.2, 0.25) is 0 Å². The van der Waals surface area contributed by atoms with Crippen molar-refractivity contribution in [1.29, 1.82) is 0 Å². The fourth-order valence-electron chi connectivity index (χ4n) is 3.01. The van der Waals surface area contributed by atoms with E-state index in [0.29, 0.717) is 12.3 Å². The highest BCUT2D eigenvalue weighted by Crippen LogP contribution is 2.22. The molecule has 0 saturated carbocycles. The number of likely N-dealkylation sites (N-methyl/N-ethyl adjacent to an activating group) is 1. The van der Waals surface area contributed by atoms with Gasteiger partial charge in [0.2, 0.25) is 0 Å². The summed E-state index contributed by atoms with van der Waals surface area (Å²) < 4.78 is 12.9. The van der Waals surface area contributed by atoms with Crippen LogP contribution in [-0.4, -0.2) is 42.2 Å². The molecule has 4 nitrogen and oxygen atoms in total. The molecule has 2 unspecified atom stereocenters. The zero-order valence-corrected chi connectivity index (χ0v) is 12.4. The van der Waals surface area contributed by atoms with E-state index in [2.05, 4.69) is 10.2 Å². The molecule has 0 aliphatic carbocycles. The number of nitrogens with one attached hydrogen (secondary N) is 1. The summed E-state index contributed by atoms with van der Waals surface area (Å²) in [5, 5.41) is 12.0. The molecule has 1 aromatic rings. The number of carboxylic acid groups (broad SMARTS) is 1. The second-order valence-corrected chi connectivity index (χ2v) is 5.79. The van der Waals surface area contributed by atoms with Gasteiger partial charge in [-0.25, -0.2) is 4.39 Å². The molecule has 2 rings (SSSR count). The van der Waals surface area contributed by atoms with E-state index in [4.69, 9.17) is 5.11 Å². The van der Waals surface area contributed by atoms with Crippen LogP contribution in [0.5, 0.6) is 0 Å². The number of aliphatic carboxylic acids is 1. The lowest BCUT2D eigenvalue weighted by atomic mass is 9.91. The van der Waals surface area contributed by atoms with E-state index >= 15 is 0 Å². The SMILES string of the molecule is CNC(CC1CCCN(Cc2ccc(F)cc2)C1)C(=O)O. The molecule has 2 N–H and O–H groups in total. The molecule has 1 saturated heterocycles. The summed E-state index contributed by atoms with van der Waals surface area (Å²) in [4.78, 5) is 13.4. The molecule has 2 atom stereocenters. The Labute approximate surface area is 125 Å². The minimum atomic E-state index is -0.784. The van der Waals surface area contributed by atoms with Crippen LogP contribution < -0.4 is 5.32 Å². The van der Waals surface area contributed by atoms with E-state index in [-0.39, 0.29) is 5.82 Å². The van der Waals surface area contributed by atoms with Crippen LogP contribution in [0.25, 0.3) is 0 Å². The van der Waals surface area contributed by atoms with Crippen molar-refractivity contribution in [3.8, 4) is 0 Å². The van der Waals surface area contributed by atoms with Crippen LogP contribution in [0.15, 0.2) is 24.3 Å². The monoisotopic (exact) mass is 294 g/mol. The molecule has 1 heterocycles. The highest BCUT2D eigenvalue weighted by molar-refractivity contribution is 5.73. The van der Waals surface area contributed by atoms with Crippen molar-refractivity contribution < 1.29 is 14.3 Å². The van der Waals surface area contributed by atoms with Crippen LogP contribution in [0.4, 0.5) is 4.39 Å². The minimum Gasteiger partial charge on any atom is -0.480 e. The summed E-state index contributed by atoms with van der Waals surface area (Å²) in [5.74, 6) is -0.602. The molecule has 116 valence electrons. The van der Waals surface area contributed by atoms with E-state index in [1.165, 1.54) is 12.1 Å². The number of hydrogen-bond acceptors (Lipinski definition) is 3. The third-order valence-corrected chi connectivity index (χ3v) is 4.14. The Morgan fingerprint density at radius 2 is 2.19 bits per heavy atom. The number of piperidine rings is 1. The predicted molar refractivity (Wildman–Crippen MR) is 79.5 cm³/mol. The maximum atomic E-state index is 12.9. The van der Waals surface area contributed by atoms with Gasteiger partial charge in [-0.1, -0.05) is 12.1 Å². The average Bonchev–Trinajstić information content (AvgIpc) is 2.47. The van der Waals surface area contributed by atoms with Gasteiger partial charge in [-0.3, -0.25) is 9.69 Å². The van der Waals surface area contributed by atoms with E-state index in [0.717, 1.165) is 38.0 Å². The molecule has 1 aromatic carbocycles. The lowest BCUT2D eigenvalue weighted by Crippen LogP contribution is -2.41. The quantitative estimate of drug-likeness (QED) is 0.843. The number of hydrogen-bond donors (Lipinski definition) is 2. The first-order chi connectivity index (χ1) is 10.1. The molecule has 0 bridgehead atoms. The standard InChI is InChI=1S/C16H23FN2O2/c1-18-15(16(20)21)9-13-3-2-8-19(11-13)10-12-4-6-14(17)7-5-12/h4-7,13,15,18H,2-3,8-11H2,1H3,(H,20,21). The molecule has 0 amide bonds. The molecule has 1 aliphatic rings. The van der Waals surface area contributed by atoms with E-state index in [9.17, 15) is 9.18 Å². The summed E-state index contributed by atoms with van der Waals surface area (Å²) >= 11 is 0. The highest BCUT2D eigenvalue weighted by atomic mass is 19.1. The van der Waals surface area contributed by atoms with Crippen molar-refractivity contribution >= 4 is 5.97 Å². The Bertz CT molecular complexity index is 464. The molecule has 0 spiro atoms. The van der Waals surface area contributed by atoms with Gasteiger partial charge in [-0.2, -0.15) is 0 Å². The number of benzene rings is 1. The van der Waals surface area contributed by atoms with Gasteiger partial charge in [0.05, 0.1) is 0 Å². The number of rotatable bonds is 6. The van der Waals surface area contributed by atoms with Crippen molar-refractivity contribution in [3.63, 3.8) is 0 Å². The molecule has 5 heteroatoms. The molecule has 1 aliphatic heterocycles. The van der Waals surface area contributed by atoms with Crippen molar-refractivity contribution in [2.24, 2.45) is 5.92 Å². The zero-order chi connectivity index (χ0) is 15.2. The van der Waals surface area contributed by atoms with Crippen LogP contribution in [0.1, 0.15) is 24.8 Å². The Morgan fingerprint density at radius 3 is 2.81 bits per heavy atom. The molecular weight excluding hydrogens is 271 g/mol. The maximum absolute atomic E-state index is 12.9. The first-order valence-corrected chi connectivity index (χ1v) is 7.45. The summed E-state index contributed by atoms with van der Waals surface area (Å²) in [6.07, 6.45) is 2.82. The second-order valence-electron chi connectivity index (χ2n) is 5.79. The lowest BCUT2D eigenvalue weighted by Gasteiger charge is -2.33. The largest absolute Gasteiger partial charge is 0.480 e. The molecule has 21 heavy (non-hydrogen) atoms. The Balaban J connectivity index is 1.88. The summed E-state index contributed by atoms with van der Waals surface area (Å²) in [6.45, 7) is 2.72. The summed E-state index contributed by atoms with van der Waals surface area (Å²) in [7, 11) is 1.69. The van der Waals surface area contributed by atoms with Crippen LogP contribution in [0, 0.1) is 11.7 Å². The van der Waals surface area contributed by atoms with Crippen LogP contribution >= 0.6 is 0 Å². The topological polar surface area (TPSA) is 52.6 Å². The fraction of sp³-hybridized carbons (Fsp3) is 0.562. The predicted octanol–water partition coefficient (Wildman–Crippen LogP) is 2.10. The maximum Gasteiger partial charge on any atom is 0.320 e. The Hall–Kier alpha value is -1.46. The van der Waals surface area contributed by atoms with Gasteiger partial charge >= 0.3 is 5.97 Å². The van der Waals surface area contributed by atoms with Gasteiger partial charge in [0.15, 0.2) is 0 Å². The summed E-state index contributed by atoms with van der Waals surface area (Å²) in [5.41, 5.74) is 1.10. The second kappa shape index (κ2) is 7.52. The van der Waals surface area contributed by atoms with Gasteiger partial charge in [-0.15, -0.1) is 0 Å². The Morgan fingerprint density at radius 1 is 1.48 bits per heavy atom. The lowest BCUT2D eigenvalue weighted by molar-refractivity contribution is -0.139. The normalized spacial score (nSPS) is 21.1.